The molecule has 130 valence electrons. The van der Waals surface area contributed by atoms with Gasteiger partial charge in [-0.15, -0.1) is 18.3 Å². The number of hydrogen-bond acceptors (Lipinski definition) is 8. The minimum absolute atomic E-state index is 0.309. The van der Waals surface area contributed by atoms with Gasteiger partial charge in [0.1, 0.15) is 11.6 Å². The summed E-state index contributed by atoms with van der Waals surface area (Å²) >= 11 is 2.53. The van der Waals surface area contributed by atoms with Crippen LogP contribution in [0.4, 0.5) is 13.2 Å². The van der Waals surface area contributed by atoms with Gasteiger partial charge in [0.05, 0.1) is 5.69 Å². The quantitative estimate of drug-likeness (QED) is 0.665. The van der Waals surface area contributed by atoms with Crippen LogP contribution in [0.3, 0.4) is 0 Å². The van der Waals surface area contributed by atoms with E-state index < -0.39 is 6.36 Å². The van der Waals surface area contributed by atoms with Crippen LogP contribution < -0.4 is 4.74 Å². The molecule has 0 unspecified atom stereocenters. The molecule has 25 heavy (non-hydrogen) atoms. The van der Waals surface area contributed by atoms with Crippen molar-refractivity contribution in [2.24, 2.45) is 0 Å². The van der Waals surface area contributed by atoms with E-state index in [9.17, 15) is 13.2 Å². The first kappa shape index (κ1) is 16.3. The Kier molecular flexibility index (Phi) is 4.07. The summed E-state index contributed by atoms with van der Waals surface area (Å²) in [6.07, 6.45) is -2.50. The molecule has 7 nitrogen and oxygen atoms in total. The second-order valence-corrected chi connectivity index (χ2v) is 7.18. The van der Waals surface area contributed by atoms with E-state index in [-0.39, 0.29) is 5.75 Å². The monoisotopic (exact) mass is 386 g/mol. The molecule has 12 heteroatoms. The molecule has 0 amide bonds. The van der Waals surface area contributed by atoms with Gasteiger partial charge >= 0.3 is 6.36 Å². The number of tetrazole rings is 1. The molecule has 2 heterocycles. The van der Waals surface area contributed by atoms with Crippen molar-refractivity contribution in [3.05, 3.63) is 30.1 Å². The molecule has 1 aliphatic rings. The molecule has 0 spiro atoms. The molecular formula is C13H9F3N6OS2. The van der Waals surface area contributed by atoms with Crippen molar-refractivity contribution in [2.45, 2.75) is 34.6 Å². The number of ether oxygens (including phenoxy) is 1. The summed E-state index contributed by atoms with van der Waals surface area (Å²) in [6.45, 7) is 0. The maximum Gasteiger partial charge on any atom is 0.573 e. The molecule has 2 aromatic heterocycles. The summed E-state index contributed by atoms with van der Waals surface area (Å²) in [7, 11) is 0. The van der Waals surface area contributed by atoms with Gasteiger partial charge in [-0.2, -0.15) is 9.06 Å². The zero-order chi connectivity index (χ0) is 17.4. The average Bonchev–Trinajstić information content (AvgIpc) is 3.13. The third kappa shape index (κ3) is 3.90. The van der Waals surface area contributed by atoms with Crippen LogP contribution in [0.15, 0.2) is 33.8 Å². The standard InChI is InChI=1S/C13H9F3N6OS2/c14-13(15,16)23-9-5-3-8(4-6-9)22-11(18-20-21-22)24-12-17-10(19-25-12)7-1-2-7/h3-7H,1-2H2. The third-order valence-electron chi connectivity index (χ3n) is 3.30. The normalized spacial score (nSPS) is 14.7. The molecule has 0 N–H and O–H groups in total. The number of benzene rings is 1. The molecular weight excluding hydrogens is 377 g/mol. The van der Waals surface area contributed by atoms with Gasteiger partial charge in [-0.1, -0.05) is 0 Å². The van der Waals surface area contributed by atoms with Gasteiger partial charge in [-0.05, 0) is 70.8 Å². The number of rotatable bonds is 5. The van der Waals surface area contributed by atoms with E-state index in [2.05, 4.69) is 29.6 Å². The molecule has 4 rings (SSSR count). The highest BCUT2D eigenvalue weighted by atomic mass is 32.2. The molecule has 0 aliphatic heterocycles. The number of halogens is 3. The predicted octanol–water partition coefficient (Wildman–Crippen LogP) is 3.44. The van der Waals surface area contributed by atoms with Gasteiger partial charge in [0.25, 0.3) is 0 Å². The second kappa shape index (κ2) is 6.26. The van der Waals surface area contributed by atoms with E-state index in [4.69, 9.17) is 0 Å². The van der Waals surface area contributed by atoms with Gasteiger partial charge in [0.15, 0.2) is 4.34 Å². The van der Waals surface area contributed by atoms with Crippen molar-refractivity contribution in [1.29, 1.82) is 0 Å². The van der Waals surface area contributed by atoms with Crippen molar-refractivity contribution < 1.29 is 17.9 Å². The lowest BCUT2D eigenvalue weighted by Gasteiger charge is -2.09. The fourth-order valence-electron chi connectivity index (χ4n) is 2.04. The zero-order valence-corrected chi connectivity index (χ0v) is 14.0. The Hall–Kier alpha value is -2.21. The van der Waals surface area contributed by atoms with Gasteiger partial charge in [-0.25, -0.2) is 4.98 Å². The molecule has 0 bridgehead atoms. The Morgan fingerprint density at radius 3 is 2.64 bits per heavy atom. The minimum atomic E-state index is -4.73. The summed E-state index contributed by atoms with van der Waals surface area (Å²) in [5.74, 6) is 1.000. The van der Waals surface area contributed by atoms with Crippen molar-refractivity contribution in [3.63, 3.8) is 0 Å². The summed E-state index contributed by atoms with van der Waals surface area (Å²) in [5, 5.41) is 11.9. The topological polar surface area (TPSA) is 78.6 Å². The van der Waals surface area contributed by atoms with Gasteiger partial charge in [0.2, 0.25) is 5.16 Å². The first-order valence-corrected chi connectivity index (χ1v) is 8.73. The summed E-state index contributed by atoms with van der Waals surface area (Å²) in [5.41, 5.74) is 0.508. The lowest BCUT2D eigenvalue weighted by molar-refractivity contribution is -0.274. The van der Waals surface area contributed by atoms with Crippen LogP contribution in [-0.2, 0) is 0 Å². The molecule has 0 saturated heterocycles. The van der Waals surface area contributed by atoms with Gasteiger partial charge in [-0.3, -0.25) is 0 Å². The largest absolute Gasteiger partial charge is 0.573 e. The van der Waals surface area contributed by atoms with Crippen LogP contribution in [0.1, 0.15) is 24.6 Å². The highest BCUT2D eigenvalue weighted by Gasteiger charge is 2.31. The third-order valence-corrected chi connectivity index (χ3v) is 5.00. The van der Waals surface area contributed by atoms with E-state index in [1.165, 1.54) is 52.2 Å². The SMILES string of the molecule is FC(F)(F)Oc1ccc(-n2nnnc2Sc2nc(C3CC3)ns2)cc1. The first-order valence-electron chi connectivity index (χ1n) is 7.14. The number of hydrogen-bond donors (Lipinski definition) is 0. The van der Waals surface area contributed by atoms with E-state index in [1.54, 1.807) is 0 Å². The molecule has 1 fully saturated rings. The highest BCUT2D eigenvalue weighted by molar-refractivity contribution is 8.00. The van der Waals surface area contributed by atoms with Crippen molar-refractivity contribution in [1.82, 2.24) is 29.6 Å². The molecule has 0 radical (unpaired) electrons. The molecule has 3 aromatic rings. The van der Waals surface area contributed by atoms with Crippen molar-refractivity contribution in [2.75, 3.05) is 0 Å². The van der Waals surface area contributed by atoms with E-state index in [0.29, 0.717) is 16.8 Å². The zero-order valence-electron chi connectivity index (χ0n) is 12.3. The fraction of sp³-hybridized carbons (Fsp3) is 0.308. The van der Waals surface area contributed by atoms with Gasteiger partial charge in [0, 0.05) is 5.92 Å². The summed E-state index contributed by atoms with van der Waals surface area (Å²) in [4.78, 5) is 4.45. The van der Waals surface area contributed by atoms with E-state index in [1.807, 2.05) is 0 Å². The molecule has 0 atom stereocenters. The Morgan fingerprint density at radius 1 is 1.20 bits per heavy atom. The van der Waals surface area contributed by atoms with Crippen LogP contribution in [0.5, 0.6) is 5.75 Å². The van der Waals surface area contributed by atoms with Crippen LogP contribution in [0.2, 0.25) is 0 Å². The fourth-order valence-corrected chi connectivity index (χ4v) is 3.62. The molecule has 1 aromatic carbocycles. The van der Waals surface area contributed by atoms with E-state index in [0.717, 1.165) is 23.0 Å². The summed E-state index contributed by atoms with van der Waals surface area (Å²) < 4.78 is 46.9. The van der Waals surface area contributed by atoms with Crippen LogP contribution in [0, 0.1) is 0 Å². The van der Waals surface area contributed by atoms with Gasteiger partial charge < -0.3 is 4.74 Å². The second-order valence-electron chi connectivity index (χ2n) is 5.21. The van der Waals surface area contributed by atoms with Crippen LogP contribution >= 0.6 is 23.3 Å². The minimum Gasteiger partial charge on any atom is -0.406 e. The Balaban J connectivity index is 1.52. The number of alkyl halides is 3. The lowest BCUT2D eigenvalue weighted by Crippen LogP contribution is -2.17. The van der Waals surface area contributed by atoms with E-state index >= 15 is 0 Å². The highest BCUT2D eigenvalue weighted by Crippen LogP contribution is 2.40. The average molecular weight is 386 g/mol. The smallest absolute Gasteiger partial charge is 0.406 e. The molecule has 1 aliphatic carbocycles. The van der Waals surface area contributed by atoms with Crippen LogP contribution in [-0.4, -0.2) is 35.9 Å². The van der Waals surface area contributed by atoms with Crippen molar-refractivity contribution >= 4 is 23.3 Å². The molecule has 1 saturated carbocycles. The Morgan fingerprint density at radius 2 is 1.96 bits per heavy atom. The Bertz CT molecular complexity index is 875. The number of nitrogens with zero attached hydrogens (tertiary/aromatic N) is 6. The predicted molar refractivity (Wildman–Crippen MR) is 81.8 cm³/mol. The Labute approximate surface area is 147 Å². The van der Waals surface area contributed by atoms with Crippen molar-refractivity contribution in [3.8, 4) is 11.4 Å². The first-order chi connectivity index (χ1) is 12.0. The maximum absolute atomic E-state index is 12.2. The maximum atomic E-state index is 12.2. The van der Waals surface area contributed by atoms with Crippen LogP contribution in [0.25, 0.3) is 5.69 Å². The lowest BCUT2D eigenvalue weighted by atomic mass is 10.3. The summed E-state index contributed by atoms with van der Waals surface area (Å²) in [6, 6.07) is 5.29. The number of aromatic nitrogens is 6.